The zero-order chi connectivity index (χ0) is 8.69. The van der Waals surface area contributed by atoms with Gasteiger partial charge < -0.3 is 17.6 Å². The Bertz CT molecular complexity index is 95.5. The normalized spacial score (nSPS) is 15.0. The minimum Gasteiger partial charge on any atom is -0.331 e. The summed E-state index contributed by atoms with van der Waals surface area (Å²) in [5, 5.41) is 6.62. The first-order valence-corrected chi connectivity index (χ1v) is 6.47. The van der Waals surface area contributed by atoms with E-state index in [1.165, 1.54) is 0 Å². The molecule has 0 spiro atoms. The van der Waals surface area contributed by atoms with Crippen LogP contribution in [-0.4, -0.2) is 27.6 Å². The third-order valence-corrected chi connectivity index (χ3v) is 4.56. The Kier molecular flexibility index (Phi) is 16.2. The Morgan fingerprint density at radius 3 is 2.50 bits per heavy atom. The number of hydrogen-bond donors (Lipinski definition) is 2. The van der Waals surface area contributed by atoms with Crippen LogP contribution in [0.1, 0.15) is 6.92 Å². The van der Waals surface area contributed by atoms with Crippen molar-refractivity contribution in [3.05, 3.63) is 6.92 Å². The van der Waals surface area contributed by atoms with Crippen LogP contribution in [0.5, 0.6) is 0 Å². The third-order valence-electron chi connectivity index (χ3n) is 1.19. The van der Waals surface area contributed by atoms with E-state index in [1.807, 2.05) is 0 Å². The average molecular weight is 619 g/mol. The molecule has 0 radical (unpaired) electrons. The Morgan fingerprint density at radius 1 is 1.50 bits per heavy atom. The van der Waals surface area contributed by atoms with Gasteiger partial charge in [-0.2, -0.15) is 0 Å². The molecule has 0 aromatic heterocycles. The summed E-state index contributed by atoms with van der Waals surface area (Å²) in [6, 6.07) is 0.326. The second kappa shape index (κ2) is 11.5. The SMILES string of the molecule is [CH2-]C(CNCC)NC(I)CI.[U]. The molecule has 0 amide bonds. The fourth-order valence-electron chi connectivity index (χ4n) is 0.678. The fraction of sp³-hybridized carbons (Fsp3) is 0.857. The van der Waals surface area contributed by atoms with E-state index >= 15 is 0 Å². The Morgan fingerprint density at radius 2 is 2.08 bits per heavy atom. The molecule has 5 heteroatoms. The molecule has 0 aromatic rings. The van der Waals surface area contributed by atoms with E-state index in [1.54, 1.807) is 0 Å². The Hall–Kier alpha value is 2.43. The molecule has 2 N–H and O–H groups in total. The van der Waals surface area contributed by atoms with Gasteiger partial charge in [0, 0.05) is 35.5 Å². The summed E-state index contributed by atoms with van der Waals surface area (Å²) in [7, 11) is 0. The molecule has 12 heavy (non-hydrogen) atoms. The summed E-state index contributed by atoms with van der Waals surface area (Å²) < 4.78 is 1.66. The Balaban J connectivity index is 0. The minimum absolute atomic E-state index is 0. The summed E-state index contributed by atoms with van der Waals surface area (Å²) in [5.74, 6) is 0. The first kappa shape index (κ1) is 16.8. The Labute approximate surface area is 126 Å². The van der Waals surface area contributed by atoms with Crippen molar-refractivity contribution in [2.75, 3.05) is 17.5 Å². The van der Waals surface area contributed by atoms with E-state index in [9.17, 15) is 0 Å². The van der Waals surface area contributed by atoms with Crippen LogP contribution in [0.4, 0.5) is 0 Å². The zero-order valence-electron chi connectivity index (χ0n) is 7.24. The fourth-order valence-corrected chi connectivity index (χ4v) is 1.44. The molecule has 72 valence electrons. The number of nitrogens with one attached hydrogen (secondary N) is 2. The molecule has 0 saturated heterocycles. The summed E-state index contributed by atoms with van der Waals surface area (Å²) >= 11 is 4.75. The van der Waals surface area contributed by atoms with E-state index < -0.39 is 0 Å². The standard InChI is InChI=1S/C7H15I2N2.U/c1-3-10-5-6(2)11-7(9)4-8;/h6-7,10-11H,2-5H2,1H3;/q-1;. The topological polar surface area (TPSA) is 24.1 Å². The number of hydrogen-bond acceptors (Lipinski definition) is 2. The van der Waals surface area contributed by atoms with E-state index in [4.69, 9.17) is 0 Å². The molecular weight excluding hydrogens is 604 g/mol. The first-order chi connectivity index (χ1) is 5.20. The molecule has 2 unspecified atom stereocenters. The molecule has 2 atom stereocenters. The largest absolute Gasteiger partial charge is 0.331 e. The molecule has 0 bridgehead atoms. The summed E-state index contributed by atoms with van der Waals surface area (Å²) in [4.78, 5) is 0. The van der Waals surface area contributed by atoms with Gasteiger partial charge in [-0.05, 0) is 13.1 Å². The van der Waals surface area contributed by atoms with Crippen LogP contribution in [-0.2, 0) is 0 Å². The van der Waals surface area contributed by atoms with Gasteiger partial charge in [0.05, 0.1) is 4.05 Å². The molecular formula is C7H15I2N2U-. The van der Waals surface area contributed by atoms with Crippen molar-refractivity contribution in [2.45, 2.75) is 17.0 Å². The molecule has 0 rings (SSSR count). The van der Waals surface area contributed by atoms with Gasteiger partial charge in [0.25, 0.3) is 0 Å². The molecule has 0 heterocycles. The second-order valence-electron chi connectivity index (χ2n) is 2.29. The minimum atomic E-state index is 0. The number of likely N-dealkylation sites (N-methyl/N-ethyl adjacent to an activating group) is 1. The van der Waals surface area contributed by atoms with Gasteiger partial charge in [0.1, 0.15) is 0 Å². The van der Waals surface area contributed by atoms with E-state index in [0.29, 0.717) is 10.1 Å². The van der Waals surface area contributed by atoms with Crippen LogP contribution < -0.4 is 10.6 Å². The van der Waals surface area contributed by atoms with Crippen LogP contribution >= 0.6 is 45.2 Å². The van der Waals surface area contributed by atoms with Crippen molar-refractivity contribution >= 4 is 45.2 Å². The summed E-state index contributed by atoms with van der Waals surface area (Å²) in [6.45, 7) is 8.05. The number of alkyl halides is 2. The average Bonchev–Trinajstić information content (AvgIpc) is 2.00. The molecule has 0 saturated carbocycles. The van der Waals surface area contributed by atoms with Gasteiger partial charge in [-0.25, -0.2) is 0 Å². The van der Waals surface area contributed by atoms with Gasteiger partial charge in [-0.1, -0.05) is 52.1 Å². The number of rotatable bonds is 6. The van der Waals surface area contributed by atoms with Crippen molar-refractivity contribution in [1.82, 2.24) is 10.6 Å². The second-order valence-corrected chi connectivity index (χ2v) is 4.68. The molecule has 0 aliphatic rings. The van der Waals surface area contributed by atoms with E-state index in [2.05, 4.69) is 69.7 Å². The van der Waals surface area contributed by atoms with Crippen LogP contribution in [0.25, 0.3) is 0 Å². The van der Waals surface area contributed by atoms with E-state index in [-0.39, 0.29) is 31.1 Å². The maximum absolute atomic E-state index is 3.98. The molecule has 0 aliphatic heterocycles. The molecule has 2 nitrogen and oxygen atoms in total. The monoisotopic (exact) mass is 619 g/mol. The van der Waals surface area contributed by atoms with Crippen molar-refractivity contribution in [3.8, 4) is 0 Å². The van der Waals surface area contributed by atoms with Crippen LogP contribution in [0.15, 0.2) is 0 Å². The maximum Gasteiger partial charge on any atom is 0.0663 e. The summed E-state index contributed by atoms with van der Waals surface area (Å²) in [5.41, 5.74) is 0. The van der Waals surface area contributed by atoms with Gasteiger partial charge in [0.2, 0.25) is 0 Å². The van der Waals surface area contributed by atoms with Crippen molar-refractivity contribution in [1.29, 1.82) is 0 Å². The van der Waals surface area contributed by atoms with Crippen molar-refractivity contribution in [3.63, 3.8) is 0 Å². The van der Waals surface area contributed by atoms with Crippen LogP contribution in [0.2, 0.25) is 0 Å². The smallest absolute Gasteiger partial charge is 0.0663 e. The molecule has 0 fully saturated rings. The van der Waals surface area contributed by atoms with Crippen molar-refractivity contribution in [2.24, 2.45) is 0 Å². The summed E-state index contributed by atoms with van der Waals surface area (Å²) in [6.07, 6.45) is 0. The third kappa shape index (κ3) is 10.5. The molecule has 0 aromatic carbocycles. The van der Waals surface area contributed by atoms with Crippen molar-refractivity contribution < 1.29 is 31.1 Å². The predicted octanol–water partition coefficient (Wildman–Crippen LogP) is 1.58. The first-order valence-electron chi connectivity index (χ1n) is 3.70. The van der Waals surface area contributed by atoms with Gasteiger partial charge in [-0.3, -0.25) is 0 Å². The van der Waals surface area contributed by atoms with Crippen LogP contribution in [0, 0.1) is 38.0 Å². The van der Waals surface area contributed by atoms with Gasteiger partial charge in [-0.15, -0.1) is 6.04 Å². The number of halogens is 2. The van der Waals surface area contributed by atoms with E-state index in [0.717, 1.165) is 17.5 Å². The quantitative estimate of drug-likeness (QED) is 0.205. The maximum atomic E-state index is 3.98. The predicted molar refractivity (Wildman–Crippen MR) is 67.5 cm³/mol. The molecule has 0 aliphatic carbocycles. The zero-order valence-corrected chi connectivity index (χ0v) is 15.7. The van der Waals surface area contributed by atoms with Gasteiger partial charge >= 0.3 is 0 Å². The van der Waals surface area contributed by atoms with Crippen LogP contribution in [0.3, 0.4) is 0 Å². The van der Waals surface area contributed by atoms with Gasteiger partial charge in [0.15, 0.2) is 0 Å².